The summed E-state index contributed by atoms with van der Waals surface area (Å²) in [5.41, 5.74) is 0.580. The second kappa shape index (κ2) is 5.34. The van der Waals surface area contributed by atoms with E-state index in [1.807, 2.05) is 0 Å². The van der Waals surface area contributed by atoms with Crippen LogP contribution in [0.4, 0.5) is 5.69 Å². The lowest BCUT2D eigenvalue weighted by atomic mass is 10.3. The van der Waals surface area contributed by atoms with E-state index in [-0.39, 0.29) is 12.5 Å². The lowest BCUT2D eigenvalue weighted by Gasteiger charge is -2.06. The van der Waals surface area contributed by atoms with Crippen molar-refractivity contribution in [3.8, 4) is 0 Å². The Bertz CT molecular complexity index is 344. The average molecular weight is 279 g/mol. The molecule has 0 bridgehead atoms. The zero-order chi connectivity index (χ0) is 10.6. The number of benzene rings is 1. The van der Waals surface area contributed by atoms with Crippen molar-refractivity contribution in [2.45, 2.75) is 0 Å². The summed E-state index contributed by atoms with van der Waals surface area (Å²) in [4.78, 5) is 11.1. The standard InChI is InChI=1S/C9H9BrClNO2/c1-14-5-9(13)12-8-3-2-6(10)4-7(8)11/h2-4H,5H2,1H3,(H,12,13). The first-order valence-electron chi connectivity index (χ1n) is 3.87. The minimum absolute atomic E-state index is 0.0202. The highest BCUT2D eigenvalue weighted by Crippen LogP contribution is 2.25. The van der Waals surface area contributed by atoms with E-state index in [1.165, 1.54) is 7.11 Å². The van der Waals surface area contributed by atoms with Gasteiger partial charge in [-0.15, -0.1) is 0 Å². The van der Waals surface area contributed by atoms with E-state index in [0.717, 1.165) is 4.47 Å². The van der Waals surface area contributed by atoms with Gasteiger partial charge in [0.05, 0.1) is 10.7 Å². The number of methoxy groups -OCH3 is 1. The van der Waals surface area contributed by atoms with Crippen LogP contribution in [0, 0.1) is 0 Å². The van der Waals surface area contributed by atoms with Crippen molar-refractivity contribution >= 4 is 39.1 Å². The lowest BCUT2D eigenvalue weighted by molar-refractivity contribution is -0.119. The van der Waals surface area contributed by atoms with Gasteiger partial charge >= 0.3 is 0 Å². The van der Waals surface area contributed by atoms with Crippen molar-refractivity contribution < 1.29 is 9.53 Å². The van der Waals surface area contributed by atoms with E-state index >= 15 is 0 Å². The molecule has 0 fully saturated rings. The molecule has 1 rings (SSSR count). The van der Waals surface area contributed by atoms with E-state index in [4.69, 9.17) is 11.6 Å². The van der Waals surface area contributed by atoms with Crippen LogP contribution in [-0.4, -0.2) is 19.6 Å². The number of carbonyl (C=O) groups is 1. The zero-order valence-corrected chi connectivity index (χ0v) is 9.85. The molecule has 0 aromatic heterocycles. The summed E-state index contributed by atoms with van der Waals surface area (Å²) in [7, 11) is 1.46. The normalized spacial score (nSPS) is 9.93. The predicted molar refractivity (Wildman–Crippen MR) is 59.7 cm³/mol. The average Bonchev–Trinajstić information content (AvgIpc) is 2.10. The Morgan fingerprint density at radius 1 is 1.64 bits per heavy atom. The topological polar surface area (TPSA) is 38.3 Å². The molecule has 1 amide bonds. The van der Waals surface area contributed by atoms with Gasteiger partial charge in [0.15, 0.2) is 0 Å². The van der Waals surface area contributed by atoms with Crippen LogP contribution < -0.4 is 5.32 Å². The number of rotatable bonds is 3. The van der Waals surface area contributed by atoms with Gasteiger partial charge in [-0.2, -0.15) is 0 Å². The first kappa shape index (κ1) is 11.5. The number of hydrogen-bond donors (Lipinski definition) is 1. The lowest BCUT2D eigenvalue weighted by Crippen LogP contribution is -2.17. The van der Waals surface area contributed by atoms with Crippen molar-refractivity contribution in [1.29, 1.82) is 0 Å². The Morgan fingerprint density at radius 3 is 2.93 bits per heavy atom. The number of amides is 1. The molecule has 0 aliphatic heterocycles. The van der Waals surface area contributed by atoms with Crippen LogP contribution >= 0.6 is 27.5 Å². The maximum atomic E-state index is 11.1. The molecule has 1 aromatic carbocycles. The number of halogens is 2. The van der Waals surface area contributed by atoms with Gasteiger partial charge in [0, 0.05) is 11.6 Å². The smallest absolute Gasteiger partial charge is 0.250 e. The maximum absolute atomic E-state index is 11.1. The van der Waals surface area contributed by atoms with Crippen LogP contribution in [0.15, 0.2) is 22.7 Å². The third-order valence-corrected chi connectivity index (χ3v) is 2.29. The van der Waals surface area contributed by atoms with Gasteiger partial charge in [-0.3, -0.25) is 4.79 Å². The summed E-state index contributed by atoms with van der Waals surface area (Å²) in [6.07, 6.45) is 0. The van der Waals surface area contributed by atoms with Gasteiger partial charge in [-0.05, 0) is 18.2 Å². The minimum atomic E-state index is -0.225. The summed E-state index contributed by atoms with van der Waals surface area (Å²) in [6.45, 7) is 0.0202. The summed E-state index contributed by atoms with van der Waals surface area (Å²) >= 11 is 9.16. The molecule has 0 aliphatic carbocycles. The molecule has 3 nitrogen and oxygen atoms in total. The molecule has 14 heavy (non-hydrogen) atoms. The van der Waals surface area contributed by atoms with Gasteiger partial charge in [0.2, 0.25) is 5.91 Å². The maximum Gasteiger partial charge on any atom is 0.250 e. The molecule has 76 valence electrons. The Labute approximate surface area is 95.5 Å². The fraction of sp³-hybridized carbons (Fsp3) is 0.222. The third-order valence-electron chi connectivity index (χ3n) is 1.48. The highest BCUT2D eigenvalue weighted by Gasteiger charge is 2.05. The molecule has 0 spiro atoms. The predicted octanol–water partition coefficient (Wildman–Crippen LogP) is 2.69. The molecule has 0 heterocycles. The molecule has 0 aliphatic rings. The van der Waals surface area contributed by atoms with Crippen molar-refractivity contribution in [2.75, 3.05) is 19.0 Å². The summed E-state index contributed by atoms with van der Waals surface area (Å²) in [6, 6.07) is 5.23. The molecular weight excluding hydrogens is 269 g/mol. The number of nitrogens with one attached hydrogen (secondary N) is 1. The Hall–Kier alpha value is -0.580. The SMILES string of the molecule is COCC(=O)Nc1ccc(Br)cc1Cl. The van der Waals surface area contributed by atoms with Gasteiger partial charge in [0.1, 0.15) is 6.61 Å². The van der Waals surface area contributed by atoms with Crippen LogP contribution in [-0.2, 0) is 9.53 Å². The van der Waals surface area contributed by atoms with E-state index < -0.39 is 0 Å². The van der Waals surface area contributed by atoms with Crippen molar-refractivity contribution in [2.24, 2.45) is 0 Å². The van der Waals surface area contributed by atoms with Crippen LogP contribution in [0.1, 0.15) is 0 Å². The first-order chi connectivity index (χ1) is 6.63. The Kier molecular flexibility index (Phi) is 4.38. The second-order valence-electron chi connectivity index (χ2n) is 2.61. The van der Waals surface area contributed by atoms with E-state index in [0.29, 0.717) is 10.7 Å². The summed E-state index contributed by atoms with van der Waals surface area (Å²) in [5, 5.41) is 3.11. The highest BCUT2D eigenvalue weighted by atomic mass is 79.9. The van der Waals surface area contributed by atoms with Crippen molar-refractivity contribution in [1.82, 2.24) is 0 Å². The Balaban J connectivity index is 2.72. The molecule has 5 heteroatoms. The van der Waals surface area contributed by atoms with E-state index in [1.54, 1.807) is 18.2 Å². The second-order valence-corrected chi connectivity index (χ2v) is 3.93. The van der Waals surface area contributed by atoms with Crippen LogP contribution in [0.25, 0.3) is 0 Å². The molecule has 0 saturated heterocycles. The largest absolute Gasteiger partial charge is 0.375 e. The number of ether oxygens (including phenoxy) is 1. The van der Waals surface area contributed by atoms with Gasteiger partial charge < -0.3 is 10.1 Å². The fourth-order valence-corrected chi connectivity index (χ4v) is 1.63. The molecule has 1 aromatic rings. The molecule has 0 saturated carbocycles. The first-order valence-corrected chi connectivity index (χ1v) is 5.04. The van der Waals surface area contributed by atoms with Crippen LogP contribution in [0.3, 0.4) is 0 Å². The summed E-state index contributed by atoms with van der Waals surface area (Å²) < 4.78 is 5.54. The number of anilines is 1. The summed E-state index contributed by atoms with van der Waals surface area (Å²) in [5.74, 6) is -0.225. The molecule has 1 N–H and O–H groups in total. The monoisotopic (exact) mass is 277 g/mol. The molecule has 0 atom stereocenters. The van der Waals surface area contributed by atoms with Crippen LogP contribution in [0.5, 0.6) is 0 Å². The van der Waals surface area contributed by atoms with E-state index in [9.17, 15) is 4.79 Å². The molecular formula is C9H9BrClNO2. The van der Waals surface area contributed by atoms with Crippen molar-refractivity contribution in [3.63, 3.8) is 0 Å². The zero-order valence-electron chi connectivity index (χ0n) is 7.51. The number of carbonyl (C=O) groups excluding carboxylic acids is 1. The van der Waals surface area contributed by atoms with E-state index in [2.05, 4.69) is 26.0 Å². The molecule has 0 radical (unpaired) electrons. The highest BCUT2D eigenvalue weighted by molar-refractivity contribution is 9.10. The van der Waals surface area contributed by atoms with Gasteiger partial charge in [-0.25, -0.2) is 0 Å². The number of hydrogen-bond acceptors (Lipinski definition) is 2. The quantitative estimate of drug-likeness (QED) is 0.923. The van der Waals surface area contributed by atoms with Gasteiger partial charge in [0.25, 0.3) is 0 Å². The minimum Gasteiger partial charge on any atom is -0.375 e. The van der Waals surface area contributed by atoms with Crippen molar-refractivity contribution in [3.05, 3.63) is 27.7 Å². The molecule has 0 unspecified atom stereocenters. The van der Waals surface area contributed by atoms with Gasteiger partial charge in [-0.1, -0.05) is 27.5 Å². The fourth-order valence-electron chi connectivity index (χ4n) is 0.908. The third kappa shape index (κ3) is 3.29. The van der Waals surface area contributed by atoms with Crippen LogP contribution in [0.2, 0.25) is 5.02 Å². The Morgan fingerprint density at radius 2 is 2.36 bits per heavy atom.